The third-order valence-electron chi connectivity index (χ3n) is 3.80. The summed E-state index contributed by atoms with van der Waals surface area (Å²) in [5.41, 5.74) is 4.31. The van der Waals surface area contributed by atoms with Gasteiger partial charge in [-0.2, -0.15) is 0 Å². The SMILES string of the molecule is CCNC(CCCC(C)C)Cc1cc(C)ccc1C. The van der Waals surface area contributed by atoms with Crippen molar-refractivity contribution in [1.29, 1.82) is 0 Å². The van der Waals surface area contributed by atoms with Gasteiger partial charge in [-0.1, -0.05) is 57.4 Å². The monoisotopic (exact) mass is 261 g/mol. The molecule has 1 unspecified atom stereocenters. The van der Waals surface area contributed by atoms with Crippen molar-refractivity contribution in [3.05, 3.63) is 34.9 Å². The van der Waals surface area contributed by atoms with Crippen molar-refractivity contribution in [2.75, 3.05) is 6.54 Å². The molecule has 0 saturated carbocycles. The Morgan fingerprint density at radius 3 is 2.47 bits per heavy atom. The molecule has 19 heavy (non-hydrogen) atoms. The lowest BCUT2D eigenvalue weighted by molar-refractivity contribution is 0.441. The Morgan fingerprint density at radius 1 is 1.11 bits per heavy atom. The Kier molecular flexibility index (Phi) is 7.15. The zero-order valence-corrected chi connectivity index (χ0v) is 13.4. The smallest absolute Gasteiger partial charge is 0.0107 e. The molecule has 0 amide bonds. The summed E-state index contributed by atoms with van der Waals surface area (Å²) < 4.78 is 0. The first-order chi connectivity index (χ1) is 9.02. The van der Waals surface area contributed by atoms with E-state index >= 15 is 0 Å². The van der Waals surface area contributed by atoms with E-state index in [1.165, 1.54) is 42.4 Å². The maximum Gasteiger partial charge on any atom is 0.0107 e. The summed E-state index contributed by atoms with van der Waals surface area (Å²) in [7, 11) is 0. The van der Waals surface area contributed by atoms with Crippen LogP contribution in [0.15, 0.2) is 18.2 Å². The predicted octanol–water partition coefficient (Wildman–Crippen LogP) is 4.65. The number of aryl methyl sites for hydroxylation is 2. The van der Waals surface area contributed by atoms with Crippen LogP contribution in [0.25, 0.3) is 0 Å². The zero-order valence-electron chi connectivity index (χ0n) is 13.4. The maximum absolute atomic E-state index is 3.65. The van der Waals surface area contributed by atoms with Crippen LogP contribution in [0, 0.1) is 19.8 Å². The van der Waals surface area contributed by atoms with Crippen molar-refractivity contribution < 1.29 is 0 Å². The van der Waals surface area contributed by atoms with Crippen LogP contribution in [-0.4, -0.2) is 12.6 Å². The molecule has 1 rings (SSSR count). The highest BCUT2D eigenvalue weighted by Crippen LogP contribution is 2.16. The number of likely N-dealkylation sites (N-methyl/N-ethyl adjacent to an activating group) is 1. The topological polar surface area (TPSA) is 12.0 Å². The predicted molar refractivity (Wildman–Crippen MR) is 85.8 cm³/mol. The van der Waals surface area contributed by atoms with Crippen LogP contribution in [0.2, 0.25) is 0 Å². The summed E-state index contributed by atoms with van der Waals surface area (Å²) in [6, 6.07) is 7.44. The van der Waals surface area contributed by atoms with Crippen LogP contribution < -0.4 is 5.32 Å². The van der Waals surface area contributed by atoms with Crippen LogP contribution in [0.1, 0.15) is 56.7 Å². The molecule has 1 aromatic rings. The van der Waals surface area contributed by atoms with Gasteiger partial charge < -0.3 is 5.32 Å². The van der Waals surface area contributed by atoms with Crippen molar-refractivity contribution in [2.45, 2.75) is 66.3 Å². The molecule has 0 saturated heterocycles. The summed E-state index contributed by atoms with van der Waals surface area (Å²) in [5, 5.41) is 3.65. The number of nitrogens with one attached hydrogen (secondary N) is 1. The molecule has 0 aromatic heterocycles. The molecule has 0 fully saturated rings. The van der Waals surface area contributed by atoms with E-state index < -0.39 is 0 Å². The molecule has 0 bridgehead atoms. The summed E-state index contributed by atoms with van der Waals surface area (Å²) in [5.74, 6) is 0.822. The zero-order chi connectivity index (χ0) is 14.3. The molecule has 1 N–H and O–H groups in total. The second-order valence-corrected chi connectivity index (χ2v) is 6.21. The Bertz CT molecular complexity index is 368. The first-order valence-electron chi connectivity index (χ1n) is 7.82. The van der Waals surface area contributed by atoms with Gasteiger partial charge in [-0.25, -0.2) is 0 Å². The molecule has 1 aromatic carbocycles. The molecule has 0 aliphatic heterocycles. The Hall–Kier alpha value is -0.820. The number of benzene rings is 1. The lowest BCUT2D eigenvalue weighted by atomic mass is 9.95. The van der Waals surface area contributed by atoms with Gasteiger partial charge in [-0.15, -0.1) is 0 Å². The van der Waals surface area contributed by atoms with Crippen LogP contribution in [-0.2, 0) is 6.42 Å². The Balaban J connectivity index is 2.58. The van der Waals surface area contributed by atoms with Crippen molar-refractivity contribution in [1.82, 2.24) is 5.32 Å². The summed E-state index contributed by atoms with van der Waals surface area (Å²) in [6.07, 6.45) is 5.13. The van der Waals surface area contributed by atoms with Gasteiger partial charge in [0.15, 0.2) is 0 Å². The lowest BCUT2D eigenvalue weighted by Gasteiger charge is -2.20. The lowest BCUT2D eigenvalue weighted by Crippen LogP contribution is -2.31. The van der Waals surface area contributed by atoms with E-state index in [0.29, 0.717) is 6.04 Å². The molecule has 0 aliphatic carbocycles. The van der Waals surface area contributed by atoms with Gasteiger partial charge in [0.2, 0.25) is 0 Å². The van der Waals surface area contributed by atoms with E-state index in [2.05, 4.69) is 58.1 Å². The third kappa shape index (κ3) is 6.24. The largest absolute Gasteiger partial charge is 0.314 e. The second-order valence-electron chi connectivity index (χ2n) is 6.21. The van der Waals surface area contributed by atoms with Crippen molar-refractivity contribution in [2.24, 2.45) is 5.92 Å². The highest BCUT2D eigenvalue weighted by Gasteiger charge is 2.10. The molecule has 1 atom stereocenters. The molecule has 1 nitrogen and oxygen atoms in total. The van der Waals surface area contributed by atoms with E-state index in [1.54, 1.807) is 0 Å². The van der Waals surface area contributed by atoms with E-state index in [4.69, 9.17) is 0 Å². The van der Waals surface area contributed by atoms with E-state index in [9.17, 15) is 0 Å². The second kappa shape index (κ2) is 8.37. The number of hydrogen-bond donors (Lipinski definition) is 1. The number of hydrogen-bond acceptors (Lipinski definition) is 1. The van der Waals surface area contributed by atoms with E-state index in [0.717, 1.165) is 12.5 Å². The average Bonchev–Trinajstić information content (AvgIpc) is 2.33. The minimum atomic E-state index is 0.629. The first-order valence-corrected chi connectivity index (χ1v) is 7.82. The summed E-state index contributed by atoms with van der Waals surface area (Å²) in [4.78, 5) is 0. The number of rotatable bonds is 8. The third-order valence-corrected chi connectivity index (χ3v) is 3.80. The molecule has 0 radical (unpaired) electrons. The molecule has 108 valence electrons. The van der Waals surface area contributed by atoms with Gasteiger partial charge in [-0.05, 0) is 50.3 Å². The summed E-state index contributed by atoms with van der Waals surface area (Å²) in [6.45, 7) is 12.3. The first kappa shape index (κ1) is 16.2. The fraction of sp³-hybridized carbons (Fsp3) is 0.667. The van der Waals surface area contributed by atoms with Gasteiger partial charge in [0.05, 0.1) is 0 Å². The molecule has 0 aliphatic rings. The van der Waals surface area contributed by atoms with Crippen LogP contribution >= 0.6 is 0 Å². The standard InChI is InChI=1S/C18H31N/c1-6-19-18(9-7-8-14(2)3)13-17-12-15(4)10-11-16(17)5/h10-12,14,18-19H,6-9,13H2,1-5H3. The van der Waals surface area contributed by atoms with E-state index in [1.807, 2.05) is 0 Å². The van der Waals surface area contributed by atoms with Crippen LogP contribution in [0.3, 0.4) is 0 Å². The Morgan fingerprint density at radius 2 is 1.84 bits per heavy atom. The van der Waals surface area contributed by atoms with Crippen LogP contribution in [0.4, 0.5) is 0 Å². The minimum Gasteiger partial charge on any atom is -0.314 e. The van der Waals surface area contributed by atoms with Gasteiger partial charge in [0.25, 0.3) is 0 Å². The minimum absolute atomic E-state index is 0.629. The van der Waals surface area contributed by atoms with E-state index in [-0.39, 0.29) is 0 Å². The van der Waals surface area contributed by atoms with Crippen molar-refractivity contribution in [3.8, 4) is 0 Å². The molecular formula is C18H31N. The van der Waals surface area contributed by atoms with Gasteiger partial charge in [0, 0.05) is 6.04 Å². The quantitative estimate of drug-likeness (QED) is 0.718. The normalized spacial score (nSPS) is 12.9. The molecule has 1 heteroatoms. The fourth-order valence-electron chi connectivity index (χ4n) is 2.62. The highest BCUT2D eigenvalue weighted by molar-refractivity contribution is 5.31. The van der Waals surface area contributed by atoms with Gasteiger partial charge >= 0.3 is 0 Å². The van der Waals surface area contributed by atoms with Gasteiger partial charge in [0.1, 0.15) is 0 Å². The highest BCUT2D eigenvalue weighted by atomic mass is 14.9. The maximum atomic E-state index is 3.65. The van der Waals surface area contributed by atoms with Gasteiger partial charge in [-0.3, -0.25) is 0 Å². The van der Waals surface area contributed by atoms with Crippen molar-refractivity contribution in [3.63, 3.8) is 0 Å². The fourth-order valence-corrected chi connectivity index (χ4v) is 2.62. The summed E-state index contributed by atoms with van der Waals surface area (Å²) >= 11 is 0. The van der Waals surface area contributed by atoms with Crippen LogP contribution in [0.5, 0.6) is 0 Å². The molecular weight excluding hydrogens is 230 g/mol. The van der Waals surface area contributed by atoms with Crippen molar-refractivity contribution >= 4 is 0 Å². The average molecular weight is 261 g/mol. The molecule has 0 heterocycles. The molecule has 0 spiro atoms. The Labute approximate surface area is 119 Å².